The van der Waals surface area contributed by atoms with Gasteiger partial charge in [0.2, 0.25) is 5.91 Å². The van der Waals surface area contributed by atoms with E-state index in [-0.39, 0.29) is 23.6 Å². The third-order valence-corrected chi connectivity index (χ3v) is 6.84. The minimum absolute atomic E-state index is 0.0187. The van der Waals surface area contributed by atoms with Gasteiger partial charge in [-0.25, -0.2) is 4.98 Å². The molecule has 2 aromatic heterocycles. The van der Waals surface area contributed by atoms with Gasteiger partial charge in [-0.05, 0) is 38.8 Å². The van der Waals surface area contributed by atoms with Crippen LogP contribution in [0.4, 0.5) is 5.13 Å². The molecule has 10 heteroatoms. The second kappa shape index (κ2) is 9.61. The Morgan fingerprint density at radius 1 is 1.26 bits per heavy atom. The second-order valence-corrected chi connectivity index (χ2v) is 9.12. The number of amides is 2. The van der Waals surface area contributed by atoms with Gasteiger partial charge in [0.15, 0.2) is 16.1 Å². The number of carbonyl (C=O) groups excluding carboxylic acids is 2. The molecule has 1 atom stereocenters. The van der Waals surface area contributed by atoms with E-state index in [9.17, 15) is 9.59 Å². The largest absolute Gasteiger partial charge is 0.328 e. The zero-order valence-electron chi connectivity index (χ0n) is 17.4. The molecule has 0 spiro atoms. The molecule has 1 aliphatic rings. The first kappa shape index (κ1) is 21.5. The standard InChI is InChI=1S/C21H24N6O2S2/c1-3-26-18(24-25-21(26)31-13-17(28)23-20-22-10-12-30-20)16-5-4-11-27(16)19(29)15-8-6-14(2)7-9-15/h6-10,12,16H,3-5,11,13H2,1-2H3,(H,22,23,28). The summed E-state index contributed by atoms with van der Waals surface area (Å²) >= 11 is 2.72. The molecule has 1 fully saturated rings. The maximum Gasteiger partial charge on any atom is 0.254 e. The number of anilines is 1. The fourth-order valence-corrected chi connectivity index (χ4v) is 5.02. The number of benzene rings is 1. The van der Waals surface area contributed by atoms with E-state index in [2.05, 4.69) is 20.5 Å². The maximum atomic E-state index is 13.1. The van der Waals surface area contributed by atoms with Crippen LogP contribution >= 0.6 is 23.1 Å². The van der Waals surface area contributed by atoms with Gasteiger partial charge in [0.1, 0.15) is 0 Å². The van der Waals surface area contributed by atoms with E-state index in [0.29, 0.717) is 28.9 Å². The Balaban J connectivity index is 1.47. The number of rotatable bonds is 7. The van der Waals surface area contributed by atoms with Crippen LogP contribution in [0.5, 0.6) is 0 Å². The Labute approximate surface area is 189 Å². The molecule has 0 bridgehead atoms. The zero-order chi connectivity index (χ0) is 21.8. The number of hydrogen-bond donors (Lipinski definition) is 1. The number of hydrogen-bond acceptors (Lipinski definition) is 7. The van der Waals surface area contributed by atoms with Crippen LogP contribution in [0, 0.1) is 6.92 Å². The summed E-state index contributed by atoms with van der Waals surface area (Å²) in [6.45, 7) is 5.40. The van der Waals surface area contributed by atoms with E-state index in [4.69, 9.17) is 0 Å². The Morgan fingerprint density at radius 2 is 2.06 bits per heavy atom. The van der Waals surface area contributed by atoms with Crippen molar-refractivity contribution in [1.29, 1.82) is 0 Å². The van der Waals surface area contributed by atoms with Crippen LogP contribution in [0.25, 0.3) is 0 Å². The van der Waals surface area contributed by atoms with Crippen LogP contribution in [-0.2, 0) is 11.3 Å². The van der Waals surface area contributed by atoms with Crippen LogP contribution in [0.2, 0.25) is 0 Å². The fourth-order valence-electron chi connectivity index (χ4n) is 3.66. The molecule has 1 saturated heterocycles. The number of nitrogens with zero attached hydrogens (tertiary/aromatic N) is 5. The van der Waals surface area contributed by atoms with Gasteiger partial charge in [-0.2, -0.15) is 0 Å². The quantitative estimate of drug-likeness (QED) is 0.544. The van der Waals surface area contributed by atoms with Gasteiger partial charge >= 0.3 is 0 Å². The fraction of sp³-hybridized carbons (Fsp3) is 0.381. The van der Waals surface area contributed by atoms with Gasteiger partial charge in [0.25, 0.3) is 5.91 Å². The van der Waals surface area contributed by atoms with Gasteiger partial charge in [-0.15, -0.1) is 21.5 Å². The molecular formula is C21H24N6O2S2. The normalized spacial score (nSPS) is 15.9. The minimum Gasteiger partial charge on any atom is -0.328 e. The first-order valence-electron chi connectivity index (χ1n) is 10.2. The first-order valence-corrected chi connectivity index (χ1v) is 12.1. The zero-order valence-corrected chi connectivity index (χ0v) is 19.1. The van der Waals surface area contributed by atoms with Gasteiger partial charge in [-0.3, -0.25) is 9.59 Å². The summed E-state index contributed by atoms with van der Waals surface area (Å²) in [6, 6.07) is 7.55. The smallest absolute Gasteiger partial charge is 0.254 e. The highest BCUT2D eigenvalue weighted by Gasteiger charge is 2.34. The van der Waals surface area contributed by atoms with Gasteiger partial charge in [-0.1, -0.05) is 29.5 Å². The van der Waals surface area contributed by atoms with Crippen LogP contribution in [0.15, 0.2) is 41.0 Å². The molecular weight excluding hydrogens is 432 g/mol. The average molecular weight is 457 g/mol. The van der Waals surface area contributed by atoms with E-state index in [0.717, 1.165) is 24.2 Å². The molecule has 1 N–H and O–H groups in total. The van der Waals surface area contributed by atoms with E-state index >= 15 is 0 Å². The lowest BCUT2D eigenvalue weighted by Gasteiger charge is -2.24. The van der Waals surface area contributed by atoms with E-state index in [1.807, 2.05) is 53.0 Å². The van der Waals surface area contributed by atoms with Gasteiger partial charge in [0, 0.05) is 30.2 Å². The summed E-state index contributed by atoms with van der Waals surface area (Å²) in [5, 5.41) is 14.6. The third kappa shape index (κ3) is 4.80. The molecule has 1 aliphatic heterocycles. The number of carbonyl (C=O) groups is 2. The van der Waals surface area contributed by atoms with Crippen molar-refractivity contribution in [3.63, 3.8) is 0 Å². The monoisotopic (exact) mass is 456 g/mol. The predicted octanol–water partition coefficient (Wildman–Crippen LogP) is 3.77. The van der Waals surface area contributed by atoms with Gasteiger partial charge in [0.05, 0.1) is 11.8 Å². The SMILES string of the molecule is CCn1c(SCC(=O)Nc2nccs2)nnc1C1CCCN1C(=O)c1ccc(C)cc1. The van der Waals surface area contributed by atoms with Crippen molar-refractivity contribution in [2.75, 3.05) is 17.6 Å². The molecule has 1 aromatic carbocycles. The van der Waals surface area contributed by atoms with Crippen molar-refractivity contribution < 1.29 is 9.59 Å². The lowest BCUT2D eigenvalue weighted by molar-refractivity contribution is -0.113. The Bertz CT molecular complexity index is 1050. The molecule has 8 nitrogen and oxygen atoms in total. The van der Waals surface area contributed by atoms with Crippen LogP contribution in [0.1, 0.15) is 47.6 Å². The molecule has 3 heterocycles. The van der Waals surface area contributed by atoms with Gasteiger partial charge < -0.3 is 14.8 Å². The summed E-state index contributed by atoms with van der Waals surface area (Å²) < 4.78 is 2.01. The Kier molecular flexibility index (Phi) is 6.67. The molecule has 162 valence electrons. The van der Waals surface area contributed by atoms with Crippen LogP contribution < -0.4 is 5.32 Å². The maximum absolute atomic E-state index is 13.1. The van der Waals surface area contributed by atoms with E-state index < -0.39 is 0 Å². The lowest BCUT2D eigenvalue weighted by atomic mass is 10.1. The summed E-state index contributed by atoms with van der Waals surface area (Å²) in [7, 11) is 0. The highest BCUT2D eigenvalue weighted by atomic mass is 32.2. The summed E-state index contributed by atoms with van der Waals surface area (Å²) in [4.78, 5) is 31.3. The molecule has 0 aliphatic carbocycles. The van der Waals surface area contributed by atoms with Crippen molar-refractivity contribution in [3.05, 3.63) is 52.8 Å². The summed E-state index contributed by atoms with van der Waals surface area (Å²) in [6.07, 6.45) is 3.43. The highest BCUT2D eigenvalue weighted by molar-refractivity contribution is 7.99. The topological polar surface area (TPSA) is 93.0 Å². The first-order chi connectivity index (χ1) is 15.1. The van der Waals surface area contributed by atoms with Crippen molar-refractivity contribution in [2.24, 2.45) is 0 Å². The molecule has 31 heavy (non-hydrogen) atoms. The molecule has 3 aromatic rings. The minimum atomic E-state index is -0.135. The second-order valence-electron chi connectivity index (χ2n) is 7.28. The Morgan fingerprint density at radius 3 is 2.77 bits per heavy atom. The number of nitrogens with one attached hydrogen (secondary N) is 1. The number of thiazole rings is 1. The number of thioether (sulfide) groups is 1. The highest BCUT2D eigenvalue weighted by Crippen LogP contribution is 2.34. The predicted molar refractivity (Wildman–Crippen MR) is 121 cm³/mol. The summed E-state index contributed by atoms with van der Waals surface area (Å²) in [5.41, 5.74) is 1.81. The molecule has 2 amide bonds. The van der Waals surface area contributed by atoms with E-state index in [1.165, 1.54) is 23.1 Å². The van der Waals surface area contributed by atoms with Crippen LogP contribution in [-0.4, -0.2) is 48.8 Å². The number of likely N-dealkylation sites (tertiary alicyclic amines) is 1. The average Bonchev–Trinajstić information content (AvgIpc) is 3.52. The lowest BCUT2D eigenvalue weighted by Crippen LogP contribution is -2.32. The summed E-state index contributed by atoms with van der Waals surface area (Å²) in [5.74, 6) is 0.881. The molecule has 0 radical (unpaired) electrons. The van der Waals surface area contributed by atoms with E-state index in [1.54, 1.807) is 6.20 Å². The molecule has 4 rings (SSSR count). The third-order valence-electron chi connectivity index (χ3n) is 5.18. The molecule has 0 saturated carbocycles. The van der Waals surface area contributed by atoms with Crippen LogP contribution in [0.3, 0.4) is 0 Å². The molecule has 1 unspecified atom stereocenters. The number of aryl methyl sites for hydroxylation is 1. The number of aromatic nitrogens is 4. The Hall–Kier alpha value is -2.72. The van der Waals surface area contributed by atoms with Crippen molar-refractivity contribution in [3.8, 4) is 0 Å². The van der Waals surface area contributed by atoms with Crippen molar-refractivity contribution >= 4 is 40.0 Å². The van der Waals surface area contributed by atoms with Crippen molar-refractivity contribution in [2.45, 2.75) is 44.4 Å². The van der Waals surface area contributed by atoms with Crippen molar-refractivity contribution in [1.82, 2.24) is 24.6 Å².